The largest absolute Gasteiger partial charge is 0.392 e. The minimum atomic E-state index is -0.398. The third-order valence-electron chi connectivity index (χ3n) is 6.68. The first-order valence-corrected chi connectivity index (χ1v) is 12.1. The van der Waals surface area contributed by atoms with Crippen molar-refractivity contribution in [2.24, 2.45) is 5.92 Å². The molecule has 3 heteroatoms. The van der Waals surface area contributed by atoms with E-state index < -0.39 is 12.2 Å². The van der Waals surface area contributed by atoms with Crippen LogP contribution in [0.15, 0.2) is 48.5 Å². The predicted octanol–water partition coefficient (Wildman–Crippen LogP) is 6.70. The van der Waals surface area contributed by atoms with Crippen LogP contribution in [0.5, 0.6) is 0 Å². The van der Waals surface area contributed by atoms with E-state index in [0.29, 0.717) is 6.42 Å². The normalized spacial score (nSPS) is 24.8. The maximum Gasteiger partial charge on any atom is 0.0790 e. The Labute approximate surface area is 187 Å². The number of hydrogen-bond acceptors (Lipinski definition) is 2. The van der Waals surface area contributed by atoms with Crippen LogP contribution in [-0.2, 0) is 6.42 Å². The Hall–Kier alpha value is -1.35. The lowest BCUT2D eigenvalue weighted by Crippen LogP contribution is -2.19. The highest BCUT2D eigenvalue weighted by molar-refractivity contribution is 6.21. The highest BCUT2D eigenvalue weighted by Gasteiger charge is 2.41. The fraction of sp³-hybridized carbons (Fsp3) is 0.556. The molecule has 0 saturated heterocycles. The molecule has 30 heavy (non-hydrogen) atoms. The Morgan fingerprint density at radius 3 is 2.53 bits per heavy atom. The second kappa shape index (κ2) is 11.3. The molecule has 0 bridgehead atoms. The van der Waals surface area contributed by atoms with Gasteiger partial charge < -0.3 is 10.2 Å². The molecule has 1 saturated carbocycles. The third kappa shape index (κ3) is 6.09. The van der Waals surface area contributed by atoms with Gasteiger partial charge in [-0.2, -0.15) is 0 Å². The van der Waals surface area contributed by atoms with Crippen molar-refractivity contribution >= 4 is 11.6 Å². The molecular formula is C27H37ClO2. The Kier molecular flexibility index (Phi) is 8.80. The van der Waals surface area contributed by atoms with Gasteiger partial charge in [-0.15, -0.1) is 11.6 Å². The van der Waals surface area contributed by atoms with Crippen molar-refractivity contribution in [3.63, 3.8) is 0 Å². The van der Waals surface area contributed by atoms with E-state index in [1.807, 2.05) is 12.1 Å². The van der Waals surface area contributed by atoms with Crippen molar-refractivity contribution in [2.75, 3.05) is 0 Å². The highest BCUT2D eigenvalue weighted by Crippen LogP contribution is 2.45. The Morgan fingerprint density at radius 1 is 1.07 bits per heavy atom. The molecule has 1 fully saturated rings. The lowest BCUT2D eigenvalue weighted by molar-refractivity contribution is 0.153. The van der Waals surface area contributed by atoms with Crippen molar-refractivity contribution < 1.29 is 10.2 Å². The van der Waals surface area contributed by atoms with Crippen LogP contribution >= 0.6 is 11.6 Å². The summed E-state index contributed by atoms with van der Waals surface area (Å²) in [5, 5.41) is 21.2. The average molecular weight is 429 g/mol. The minimum Gasteiger partial charge on any atom is -0.392 e. The standard InChI is InChI=1S/C27H37ClO2/c1-3-4-5-12-25(29)21-13-15-22(16-14-21)27-23(24(28)18-26(27)30)11-7-10-20-9-6-8-19(2)17-20/h6,8-9,13-17,23-27,29-30H,3-5,7,10-12,18H2,1-2H3/t23-,24+,25?,26+,27+/m0/s1. The third-order valence-corrected chi connectivity index (χ3v) is 7.18. The molecule has 0 heterocycles. The van der Waals surface area contributed by atoms with Gasteiger partial charge in [-0.05, 0) is 61.6 Å². The molecule has 1 aliphatic rings. The maximum atomic E-state index is 10.7. The van der Waals surface area contributed by atoms with Crippen LogP contribution in [0.4, 0.5) is 0 Å². The molecule has 0 radical (unpaired) electrons. The van der Waals surface area contributed by atoms with Gasteiger partial charge in [-0.25, -0.2) is 0 Å². The zero-order valence-electron chi connectivity index (χ0n) is 18.4. The van der Waals surface area contributed by atoms with Crippen molar-refractivity contribution in [1.82, 2.24) is 0 Å². The van der Waals surface area contributed by atoms with Crippen LogP contribution < -0.4 is 0 Å². The SMILES string of the molecule is CCCCCC(O)c1ccc([C@@H]2[C@@H](CCCc3cccc(C)c3)[C@H](Cl)C[C@H]2O)cc1. The summed E-state index contributed by atoms with van der Waals surface area (Å²) in [6, 6.07) is 16.9. The Morgan fingerprint density at radius 2 is 1.83 bits per heavy atom. The number of rotatable bonds is 10. The monoisotopic (exact) mass is 428 g/mol. The van der Waals surface area contributed by atoms with Gasteiger partial charge in [-0.1, -0.05) is 80.3 Å². The number of halogens is 1. The Balaban J connectivity index is 1.62. The van der Waals surface area contributed by atoms with E-state index in [-0.39, 0.29) is 17.2 Å². The van der Waals surface area contributed by atoms with Gasteiger partial charge in [0.15, 0.2) is 0 Å². The average Bonchev–Trinajstić information content (AvgIpc) is 3.01. The first kappa shape index (κ1) is 23.3. The number of benzene rings is 2. The van der Waals surface area contributed by atoms with Gasteiger partial charge in [0.1, 0.15) is 0 Å². The molecule has 1 unspecified atom stereocenters. The van der Waals surface area contributed by atoms with Crippen molar-refractivity contribution in [3.05, 3.63) is 70.8 Å². The molecule has 2 aromatic carbocycles. The van der Waals surface area contributed by atoms with Gasteiger partial charge in [-0.3, -0.25) is 0 Å². The number of aryl methyl sites for hydroxylation is 2. The summed E-state index contributed by atoms with van der Waals surface area (Å²) in [6.45, 7) is 4.31. The van der Waals surface area contributed by atoms with Gasteiger partial charge in [0.2, 0.25) is 0 Å². The summed E-state index contributed by atoms with van der Waals surface area (Å²) in [4.78, 5) is 0. The molecule has 3 rings (SSSR count). The number of aliphatic hydroxyl groups is 2. The van der Waals surface area contributed by atoms with Crippen LogP contribution in [0.2, 0.25) is 0 Å². The fourth-order valence-electron chi connectivity index (χ4n) is 5.00. The fourth-order valence-corrected chi connectivity index (χ4v) is 5.46. The van der Waals surface area contributed by atoms with E-state index in [4.69, 9.17) is 11.6 Å². The van der Waals surface area contributed by atoms with E-state index in [1.54, 1.807) is 0 Å². The number of alkyl halides is 1. The van der Waals surface area contributed by atoms with Crippen LogP contribution in [0.3, 0.4) is 0 Å². The second-order valence-corrected chi connectivity index (χ2v) is 9.63. The van der Waals surface area contributed by atoms with E-state index in [9.17, 15) is 10.2 Å². The van der Waals surface area contributed by atoms with E-state index in [1.165, 1.54) is 11.1 Å². The smallest absolute Gasteiger partial charge is 0.0790 e. The summed E-state index contributed by atoms with van der Waals surface area (Å²) in [7, 11) is 0. The lowest BCUT2D eigenvalue weighted by Gasteiger charge is -2.24. The molecule has 2 N–H and O–H groups in total. The first-order valence-electron chi connectivity index (χ1n) is 11.6. The zero-order valence-corrected chi connectivity index (χ0v) is 19.2. The summed E-state index contributed by atoms with van der Waals surface area (Å²) < 4.78 is 0. The van der Waals surface area contributed by atoms with Crippen molar-refractivity contribution in [1.29, 1.82) is 0 Å². The van der Waals surface area contributed by atoms with Gasteiger partial charge in [0.25, 0.3) is 0 Å². The van der Waals surface area contributed by atoms with Crippen LogP contribution in [-0.4, -0.2) is 21.7 Å². The Bertz CT molecular complexity index is 773. The van der Waals surface area contributed by atoms with Crippen molar-refractivity contribution in [2.45, 2.75) is 88.7 Å². The molecule has 0 spiro atoms. The molecule has 0 aromatic heterocycles. The summed E-state index contributed by atoms with van der Waals surface area (Å²) in [6.07, 6.45) is 7.20. The van der Waals surface area contributed by atoms with Gasteiger partial charge >= 0.3 is 0 Å². The number of aliphatic hydroxyl groups excluding tert-OH is 2. The molecule has 0 aliphatic heterocycles. The summed E-state index contributed by atoms with van der Waals surface area (Å²) >= 11 is 6.68. The van der Waals surface area contributed by atoms with Crippen LogP contribution in [0.1, 0.15) is 86.1 Å². The van der Waals surface area contributed by atoms with E-state index >= 15 is 0 Å². The molecule has 2 nitrogen and oxygen atoms in total. The molecule has 5 atom stereocenters. The molecule has 164 valence electrons. The minimum absolute atomic E-state index is 0.0156. The summed E-state index contributed by atoms with van der Waals surface area (Å²) in [5.41, 5.74) is 4.79. The quantitative estimate of drug-likeness (QED) is 0.326. The molecule has 0 amide bonds. The van der Waals surface area contributed by atoms with E-state index in [2.05, 4.69) is 50.2 Å². The van der Waals surface area contributed by atoms with Crippen molar-refractivity contribution in [3.8, 4) is 0 Å². The topological polar surface area (TPSA) is 40.5 Å². The van der Waals surface area contributed by atoms with Gasteiger partial charge in [0.05, 0.1) is 12.2 Å². The molecule has 2 aromatic rings. The second-order valence-electron chi connectivity index (χ2n) is 9.07. The summed E-state index contributed by atoms with van der Waals surface area (Å²) in [5.74, 6) is 0.364. The maximum absolute atomic E-state index is 10.7. The number of hydrogen-bond donors (Lipinski definition) is 2. The lowest BCUT2D eigenvalue weighted by atomic mass is 9.83. The zero-order chi connectivity index (χ0) is 21.5. The van der Waals surface area contributed by atoms with Crippen LogP contribution in [0, 0.1) is 12.8 Å². The first-order chi connectivity index (χ1) is 14.5. The van der Waals surface area contributed by atoms with Crippen LogP contribution in [0.25, 0.3) is 0 Å². The molecule has 1 aliphatic carbocycles. The van der Waals surface area contributed by atoms with Gasteiger partial charge in [0, 0.05) is 11.3 Å². The molecular weight excluding hydrogens is 392 g/mol. The number of unbranched alkanes of at least 4 members (excludes halogenated alkanes) is 2. The van der Waals surface area contributed by atoms with E-state index in [0.717, 1.165) is 56.1 Å². The predicted molar refractivity (Wildman–Crippen MR) is 126 cm³/mol. The highest BCUT2D eigenvalue weighted by atomic mass is 35.5.